The predicted molar refractivity (Wildman–Crippen MR) is 74.3 cm³/mol. The molecule has 2 aromatic heterocycles. The summed E-state index contributed by atoms with van der Waals surface area (Å²) in [6, 6.07) is 6.64. The molecule has 1 N–H and O–H groups in total. The Hall–Kier alpha value is -1.06. The molecule has 0 atom stereocenters. The fourth-order valence-corrected chi connectivity index (χ4v) is 2.76. The molecule has 92 valence electrons. The lowest BCUT2D eigenvalue weighted by molar-refractivity contribution is 0.695. The predicted octanol–water partition coefficient (Wildman–Crippen LogP) is 3.42. The zero-order valence-electron chi connectivity index (χ0n) is 10.6. The van der Waals surface area contributed by atoms with E-state index < -0.39 is 0 Å². The normalized spacial score (nSPS) is 10.9. The Kier molecular flexibility index (Phi) is 4.40. The molecule has 0 fully saturated rings. The molecule has 0 aliphatic rings. The highest BCUT2D eigenvalue weighted by Crippen LogP contribution is 2.16. The van der Waals surface area contributed by atoms with Gasteiger partial charge >= 0.3 is 0 Å². The number of aryl methyl sites for hydroxylation is 2. The number of thiophene rings is 1. The van der Waals surface area contributed by atoms with Gasteiger partial charge in [0, 0.05) is 41.8 Å². The van der Waals surface area contributed by atoms with E-state index in [0.717, 1.165) is 26.1 Å². The first-order chi connectivity index (χ1) is 8.31. The summed E-state index contributed by atoms with van der Waals surface area (Å²) in [5.74, 6) is 0. The third-order valence-corrected chi connectivity index (χ3v) is 4.10. The molecule has 0 aliphatic heterocycles. The largest absolute Gasteiger partial charge is 0.354 e. The summed E-state index contributed by atoms with van der Waals surface area (Å²) < 4.78 is 2.21. The highest BCUT2D eigenvalue weighted by Gasteiger charge is 1.99. The molecule has 2 aromatic rings. The van der Waals surface area contributed by atoms with Crippen molar-refractivity contribution in [3.8, 4) is 0 Å². The van der Waals surface area contributed by atoms with Gasteiger partial charge in [-0.3, -0.25) is 0 Å². The molecular weight excluding hydrogens is 228 g/mol. The Bertz CT molecular complexity index is 414. The third-order valence-electron chi connectivity index (χ3n) is 2.87. The second-order valence-corrected chi connectivity index (χ2v) is 5.43. The van der Waals surface area contributed by atoms with Gasteiger partial charge in [-0.15, -0.1) is 11.3 Å². The van der Waals surface area contributed by atoms with E-state index in [-0.39, 0.29) is 0 Å². The lowest BCUT2D eigenvalue weighted by atomic mass is 10.3. The van der Waals surface area contributed by atoms with E-state index in [2.05, 4.69) is 54.3 Å². The fraction of sp³-hybridized carbons (Fsp3) is 0.429. The molecule has 0 amide bonds. The van der Waals surface area contributed by atoms with Crippen molar-refractivity contribution in [1.82, 2.24) is 9.88 Å². The van der Waals surface area contributed by atoms with Gasteiger partial charge in [0.15, 0.2) is 0 Å². The van der Waals surface area contributed by atoms with Crippen molar-refractivity contribution in [2.75, 3.05) is 0 Å². The van der Waals surface area contributed by atoms with Gasteiger partial charge in [-0.1, -0.05) is 6.92 Å². The van der Waals surface area contributed by atoms with Gasteiger partial charge in [0.05, 0.1) is 0 Å². The fourth-order valence-electron chi connectivity index (χ4n) is 1.83. The maximum atomic E-state index is 3.49. The maximum absolute atomic E-state index is 3.49. The van der Waals surface area contributed by atoms with Gasteiger partial charge < -0.3 is 9.88 Å². The minimum atomic E-state index is 0.951. The van der Waals surface area contributed by atoms with Crippen molar-refractivity contribution < 1.29 is 0 Å². The summed E-state index contributed by atoms with van der Waals surface area (Å²) in [6.07, 6.45) is 5.49. The quantitative estimate of drug-likeness (QED) is 0.829. The molecule has 0 spiro atoms. The topological polar surface area (TPSA) is 17.0 Å². The van der Waals surface area contributed by atoms with Crippen LogP contribution in [0, 0.1) is 0 Å². The monoisotopic (exact) mass is 248 g/mol. The van der Waals surface area contributed by atoms with Crippen LogP contribution >= 0.6 is 11.3 Å². The van der Waals surface area contributed by atoms with Crippen LogP contribution in [0.5, 0.6) is 0 Å². The SMILES string of the molecule is CCc1ccc(CNCc2ccn(CC)c2)s1. The van der Waals surface area contributed by atoms with E-state index in [1.54, 1.807) is 0 Å². The lowest BCUT2D eigenvalue weighted by Gasteiger charge is -2.01. The first kappa shape index (κ1) is 12.4. The van der Waals surface area contributed by atoms with E-state index in [9.17, 15) is 0 Å². The van der Waals surface area contributed by atoms with Crippen molar-refractivity contribution in [2.45, 2.75) is 39.9 Å². The Morgan fingerprint density at radius 3 is 2.59 bits per heavy atom. The molecule has 2 heterocycles. The summed E-state index contributed by atoms with van der Waals surface area (Å²) in [5.41, 5.74) is 1.36. The first-order valence-corrected chi connectivity index (χ1v) is 7.06. The second kappa shape index (κ2) is 6.03. The standard InChI is InChI=1S/C14H20N2S/c1-3-13-5-6-14(17-13)10-15-9-12-7-8-16(4-2)11-12/h5-8,11,15H,3-4,9-10H2,1-2H3. The molecular formula is C14H20N2S. The van der Waals surface area contributed by atoms with Gasteiger partial charge in [0.2, 0.25) is 0 Å². The van der Waals surface area contributed by atoms with Crippen LogP contribution in [-0.4, -0.2) is 4.57 Å². The zero-order valence-corrected chi connectivity index (χ0v) is 11.4. The number of hydrogen-bond acceptors (Lipinski definition) is 2. The molecule has 0 bridgehead atoms. The van der Waals surface area contributed by atoms with E-state index in [1.807, 2.05) is 11.3 Å². The van der Waals surface area contributed by atoms with Crippen LogP contribution in [0.15, 0.2) is 30.6 Å². The Morgan fingerprint density at radius 2 is 1.94 bits per heavy atom. The number of hydrogen-bond donors (Lipinski definition) is 1. The van der Waals surface area contributed by atoms with Crippen molar-refractivity contribution in [3.05, 3.63) is 45.9 Å². The molecule has 2 rings (SSSR count). The van der Waals surface area contributed by atoms with Gasteiger partial charge in [0.1, 0.15) is 0 Å². The Balaban J connectivity index is 1.79. The lowest BCUT2D eigenvalue weighted by Crippen LogP contribution is -2.11. The molecule has 3 heteroatoms. The van der Waals surface area contributed by atoms with Gasteiger partial charge in [-0.2, -0.15) is 0 Å². The summed E-state index contributed by atoms with van der Waals surface area (Å²) in [6.45, 7) is 7.34. The summed E-state index contributed by atoms with van der Waals surface area (Å²) in [7, 11) is 0. The minimum Gasteiger partial charge on any atom is -0.354 e. The number of nitrogens with one attached hydrogen (secondary N) is 1. The minimum absolute atomic E-state index is 0.951. The van der Waals surface area contributed by atoms with E-state index in [0.29, 0.717) is 0 Å². The second-order valence-electron chi connectivity index (χ2n) is 4.18. The molecule has 0 aliphatic carbocycles. The summed E-state index contributed by atoms with van der Waals surface area (Å²) in [4.78, 5) is 2.90. The number of aromatic nitrogens is 1. The van der Waals surface area contributed by atoms with Gasteiger partial charge in [-0.25, -0.2) is 0 Å². The molecule has 2 nitrogen and oxygen atoms in total. The average molecular weight is 248 g/mol. The van der Waals surface area contributed by atoms with Crippen LogP contribution < -0.4 is 5.32 Å². The van der Waals surface area contributed by atoms with E-state index in [4.69, 9.17) is 0 Å². The number of nitrogens with zero attached hydrogens (tertiary/aromatic N) is 1. The van der Waals surface area contributed by atoms with E-state index in [1.165, 1.54) is 15.3 Å². The first-order valence-electron chi connectivity index (χ1n) is 6.24. The highest BCUT2D eigenvalue weighted by molar-refractivity contribution is 7.11. The Morgan fingerprint density at radius 1 is 1.12 bits per heavy atom. The van der Waals surface area contributed by atoms with Crippen LogP contribution in [0.25, 0.3) is 0 Å². The van der Waals surface area contributed by atoms with Crippen molar-refractivity contribution in [3.63, 3.8) is 0 Å². The Labute approximate surface area is 107 Å². The molecule has 17 heavy (non-hydrogen) atoms. The van der Waals surface area contributed by atoms with Crippen LogP contribution in [-0.2, 0) is 26.1 Å². The van der Waals surface area contributed by atoms with Crippen LogP contribution in [0.3, 0.4) is 0 Å². The molecule has 0 aromatic carbocycles. The zero-order chi connectivity index (χ0) is 12.1. The van der Waals surface area contributed by atoms with Gasteiger partial charge in [0.25, 0.3) is 0 Å². The third kappa shape index (κ3) is 3.45. The number of rotatable bonds is 6. The van der Waals surface area contributed by atoms with Gasteiger partial charge in [-0.05, 0) is 37.1 Å². The smallest absolute Gasteiger partial charge is 0.0303 e. The van der Waals surface area contributed by atoms with Crippen LogP contribution in [0.1, 0.15) is 29.2 Å². The van der Waals surface area contributed by atoms with Crippen LogP contribution in [0.4, 0.5) is 0 Å². The van der Waals surface area contributed by atoms with Crippen molar-refractivity contribution in [2.24, 2.45) is 0 Å². The molecule has 0 saturated carbocycles. The maximum Gasteiger partial charge on any atom is 0.0303 e. The van der Waals surface area contributed by atoms with Crippen molar-refractivity contribution >= 4 is 11.3 Å². The molecule has 0 unspecified atom stereocenters. The molecule has 0 saturated heterocycles. The molecule has 0 radical (unpaired) electrons. The van der Waals surface area contributed by atoms with Crippen LogP contribution in [0.2, 0.25) is 0 Å². The summed E-state index contributed by atoms with van der Waals surface area (Å²) in [5, 5.41) is 3.49. The highest BCUT2D eigenvalue weighted by atomic mass is 32.1. The van der Waals surface area contributed by atoms with E-state index >= 15 is 0 Å². The summed E-state index contributed by atoms with van der Waals surface area (Å²) >= 11 is 1.91. The average Bonchev–Trinajstić information content (AvgIpc) is 2.97. The van der Waals surface area contributed by atoms with Crippen molar-refractivity contribution in [1.29, 1.82) is 0 Å².